The van der Waals surface area contributed by atoms with Crippen molar-refractivity contribution in [1.29, 1.82) is 5.26 Å². The fraction of sp³-hybridized carbons (Fsp3) is 0.625. The second kappa shape index (κ2) is 5.94. The van der Waals surface area contributed by atoms with E-state index in [1.54, 1.807) is 11.9 Å². The highest BCUT2D eigenvalue weighted by atomic mass is 16.2. The summed E-state index contributed by atoms with van der Waals surface area (Å²) < 4.78 is 0. The van der Waals surface area contributed by atoms with Crippen LogP contribution in [-0.2, 0) is 4.79 Å². The van der Waals surface area contributed by atoms with Gasteiger partial charge in [0.15, 0.2) is 0 Å². The van der Waals surface area contributed by atoms with Gasteiger partial charge in [-0.2, -0.15) is 5.26 Å². The molecule has 0 bridgehead atoms. The Morgan fingerprint density at radius 3 is 2.64 bits per heavy atom. The van der Waals surface area contributed by atoms with Gasteiger partial charge in [-0.1, -0.05) is 0 Å². The van der Waals surface area contributed by atoms with E-state index in [0.29, 0.717) is 6.42 Å². The molecular formula is C8H14N4O2. The highest BCUT2D eigenvalue weighted by molar-refractivity contribution is 5.94. The molecule has 0 radical (unpaired) electrons. The molecule has 1 atom stereocenters. The Morgan fingerprint density at radius 1 is 1.64 bits per heavy atom. The van der Waals surface area contributed by atoms with Gasteiger partial charge in [0.05, 0.1) is 19.0 Å². The molecule has 6 nitrogen and oxygen atoms in total. The molecule has 3 N–H and O–H groups in total. The topological polar surface area (TPSA) is 99.2 Å². The summed E-state index contributed by atoms with van der Waals surface area (Å²) in [6.07, 6.45) is 0.334. The number of nitrogens with two attached hydrogens (primary N) is 1. The molecule has 0 spiro atoms. The lowest BCUT2D eigenvalue weighted by Gasteiger charge is -2.21. The first-order valence-corrected chi connectivity index (χ1v) is 4.13. The van der Waals surface area contributed by atoms with Gasteiger partial charge in [0.25, 0.3) is 0 Å². The molecule has 0 heterocycles. The van der Waals surface area contributed by atoms with Crippen LogP contribution in [-0.4, -0.2) is 36.5 Å². The standard InChI is InChI=1S/C8H14N4O2/c1-6(3-4-9)12(2)5-7(13)11-8(10)14/h6H,3,5H2,1-2H3,(H3,10,11,13,14). The van der Waals surface area contributed by atoms with Crippen molar-refractivity contribution < 1.29 is 9.59 Å². The first-order valence-electron chi connectivity index (χ1n) is 4.13. The summed E-state index contributed by atoms with van der Waals surface area (Å²) in [5.74, 6) is -0.468. The average molecular weight is 198 g/mol. The van der Waals surface area contributed by atoms with E-state index in [1.807, 2.05) is 18.3 Å². The minimum atomic E-state index is -0.865. The third-order valence-corrected chi connectivity index (χ3v) is 1.79. The summed E-state index contributed by atoms with van der Waals surface area (Å²) in [7, 11) is 1.70. The number of amides is 3. The minimum Gasteiger partial charge on any atom is -0.351 e. The zero-order chi connectivity index (χ0) is 11.1. The van der Waals surface area contributed by atoms with Gasteiger partial charge in [-0.05, 0) is 14.0 Å². The summed E-state index contributed by atoms with van der Waals surface area (Å²) in [6, 6.07) is 1.10. The number of carbonyl (C=O) groups is 2. The lowest BCUT2D eigenvalue weighted by atomic mass is 10.2. The number of hydrogen-bond donors (Lipinski definition) is 2. The molecule has 0 aliphatic heterocycles. The first kappa shape index (κ1) is 12.4. The number of urea groups is 1. The van der Waals surface area contributed by atoms with Gasteiger partial charge in [-0.15, -0.1) is 0 Å². The van der Waals surface area contributed by atoms with E-state index >= 15 is 0 Å². The normalized spacial score (nSPS) is 11.9. The van der Waals surface area contributed by atoms with Gasteiger partial charge in [0.2, 0.25) is 5.91 Å². The highest BCUT2D eigenvalue weighted by Gasteiger charge is 2.13. The molecule has 0 aromatic heterocycles. The summed E-state index contributed by atoms with van der Waals surface area (Å²) in [4.78, 5) is 23.0. The number of hydrogen-bond acceptors (Lipinski definition) is 4. The molecule has 0 aromatic rings. The molecule has 78 valence electrons. The Bertz CT molecular complexity index is 259. The third kappa shape index (κ3) is 5.11. The van der Waals surface area contributed by atoms with E-state index in [-0.39, 0.29) is 12.6 Å². The van der Waals surface area contributed by atoms with E-state index in [0.717, 1.165) is 0 Å². The fourth-order valence-electron chi connectivity index (χ4n) is 0.847. The van der Waals surface area contributed by atoms with E-state index in [1.165, 1.54) is 0 Å². The maximum absolute atomic E-state index is 11.0. The van der Waals surface area contributed by atoms with Crippen molar-refractivity contribution in [3.8, 4) is 6.07 Å². The van der Waals surface area contributed by atoms with Crippen LogP contribution >= 0.6 is 0 Å². The van der Waals surface area contributed by atoms with Crippen LogP contribution in [0.1, 0.15) is 13.3 Å². The SMILES string of the molecule is CC(CC#N)N(C)CC(=O)NC(N)=O. The predicted molar refractivity (Wildman–Crippen MR) is 50.0 cm³/mol. The second-order valence-corrected chi connectivity index (χ2v) is 3.04. The first-order chi connectivity index (χ1) is 6.47. The Morgan fingerprint density at radius 2 is 2.21 bits per heavy atom. The lowest BCUT2D eigenvalue weighted by Crippen LogP contribution is -2.43. The van der Waals surface area contributed by atoms with Crippen molar-refractivity contribution in [3.05, 3.63) is 0 Å². The van der Waals surface area contributed by atoms with Crippen LogP contribution in [0.3, 0.4) is 0 Å². The molecule has 1 unspecified atom stereocenters. The largest absolute Gasteiger partial charge is 0.351 e. The van der Waals surface area contributed by atoms with Crippen LogP contribution in [0.2, 0.25) is 0 Å². The van der Waals surface area contributed by atoms with Crippen molar-refractivity contribution in [1.82, 2.24) is 10.2 Å². The van der Waals surface area contributed by atoms with Gasteiger partial charge >= 0.3 is 6.03 Å². The van der Waals surface area contributed by atoms with Crippen LogP contribution in [0.25, 0.3) is 0 Å². The Kier molecular flexibility index (Phi) is 5.26. The van der Waals surface area contributed by atoms with E-state index in [9.17, 15) is 9.59 Å². The van der Waals surface area contributed by atoms with Crippen molar-refractivity contribution in [2.45, 2.75) is 19.4 Å². The van der Waals surface area contributed by atoms with Gasteiger partial charge in [0.1, 0.15) is 0 Å². The van der Waals surface area contributed by atoms with Crippen LogP contribution in [0, 0.1) is 11.3 Å². The van der Waals surface area contributed by atoms with E-state index in [4.69, 9.17) is 11.0 Å². The maximum Gasteiger partial charge on any atom is 0.318 e. The van der Waals surface area contributed by atoms with Crippen LogP contribution < -0.4 is 11.1 Å². The zero-order valence-corrected chi connectivity index (χ0v) is 8.28. The number of nitriles is 1. The predicted octanol–water partition coefficient (Wildman–Crippen LogP) is -0.585. The van der Waals surface area contributed by atoms with Crippen molar-refractivity contribution in [2.75, 3.05) is 13.6 Å². The summed E-state index contributed by atoms with van der Waals surface area (Å²) >= 11 is 0. The molecule has 14 heavy (non-hydrogen) atoms. The Labute approximate surface area is 82.7 Å². The summed E-state index contributed by atoms with van der Waals surface area (Å²) in [5, 5.41) is 10.4. The van der Waals surface area contributed by atoms with E-state index in [2.05, 4.69) is 0 Å². The van der Waals surface area contributed by atoms with Crippen molar-refractivity contribution in [2.24, 2.45) is 5.73 Å². The van der Waals surface area contributed by atoms with Crippen molar-refractivity contribution in [3.63, 3.8) is 0 Å². The zero-order valence-electron chi connectivity index (χ0n) is 8.28. The van der Waals surface area contributed by atoms with Gasteiger partial charge < -0.3 is 5.73 Å². The quantitative estimate of drug-likeness (QED) is 0.631. The minimum absolute atomic E-state index is 0.0290. The number of nitrogens with one attached hydrogen (secondary N) is 1. The highest BCUT2D eigenvalue weighted by Crippen LogP contribution is 1.98. The van der Waals surface area contributed by atoms with Gasteiger partial charge in [-0.3, -0.25) is 15.0 Å². The Balaban J connectivity index is 3.93. The second-order valence-electron chi connectivity index (χ2n) is 3.04. The number of primary amides is 1. The maximum atomic E-state index is 11.0. The molecule has 0 aliphatic rings. The fourth-order valence-corrected chi connectivity index (χ4v) is 0.847. The Hall–Kier alpha value is -1.61. The number of imide groups is 1. The molecule has 6 heteroatoms. The monoisotopic (exact) mass is 198 g/mol. The number of rotatable bonds is 4. The van der Waals surface area contributed by atoms with Crippen molar-refractivity contribution >= 4 is 11.9 Å². The van der Waals surface area contributed by atoms with Gasteiger partial charge in [-0.25, -0.2) is 4.79 Å². The molecule has 0 saturated heterocycles. The lowest BCUT2D eigenvalue weighted by molar-refractivity contribution is -0.121. The number of carbonyl (C=O) groups excluding carboxylic acids is 2. The smallest absolute Gasteiger partial charge is 0.318 e. The summed E-state index contributed by atoms with van der Waals surface area (Å²) in [6.45, 7) is 1.87. The average Bonchev–Trinajstić information content (AvgIpc) is 2.02. The third-order valence-electron chi connectivity index (χ3n) is 1.79. The molecule has 0 aromatic carbocycles. The van der Waals surface area contributed by atoms with Gasteiger partial charge in [0, 0.05) is 6.04 Å². The summed E-state index contributed by atoms with van der Waals surface area (Å²) in [5.41, 5.74) is 4.76. The number of likely N-dealkylation sites (N-methyl/N-ethyl adjacent to an activating group) is 1. The molecule has 0 saturated carbocycles. The molecule has 0 fully saturated rings. The van der Waals surface area contributed by atoms with E-state index < -0.39 is 11.9 Å². The van der Waals surface area contributed by atoms with Crippen LogP contribution in [0.4, 0.5) is 4.79 Å². The van der Waals surface area contributed by atoms with Crippen LogP contribution in [0.5, 0.6) is 0 Å². The van der Waals surface area contributed by atoms with Crippen LogP contribution in [0.15, 0.2) is 0 Å². The molecular weight excluding hydrogens is 184 g/mol. The molecule has 3 amide bonds. The molecule has 0 aliphatic carbocycles. The molecule has 0 rings (SSSR count). The number of nitrogens with zero attached hydrogens (tertiary/aromatic N) is 2.